The number of aliphatic hydroxyl groups excluding tert-OH is 1. The van der Waals surface area contributed by atoms with E-state index in [2.05, 4.69) is 22.7 Å². The molecule has 0 bridgehead atoms. The highest BCUT2D eigenvalue weighted by atomic mass is 16.3. The Morgan fingerprint density at radius 1 is 1.47 bits per heavy atom. The number of anilines is 2. The minimum atomic E-state index is -0.562. The first kappa shape index (κ1) is 13.6. The number of hydrogen-bond acceptors (Lipinski definition) is 5. The lowest BCUT2D eigenvalue weighted by Crippen LogP contribution is -2.33. The topological polar surface area (TPSA) is 64.8 Å². The zero-order valence-electron chi connectivity index (χ0n) is 11.8. The molecule has 2 aromatic heterocycles. The summed E-state index contributed by atoms with van der Waals surface area (Å²) in [5.41, 5.74) is 5.97. The van der Waals surface area contributed by atoms with Gasteiger partial charge in [-0.15, -0.1) is 0 Å². The van der Waals surface area contributed by atoms with Crippen LogP contribution in [0.15, 0.2) is 18.3 Å². The van der Waals surface area contributed by atoms with E-state index in [9.17, 15) is 5.11 Å². The highest BCUT2D eigenvalue weighted by molar-refractivity contribution is 5.59. The van der Waals surface area contributed by atoms with E-state index in [0.717, 1.165) is 29.3 Å². The summed E-state index contributed by atoms with van der Waals surface area (Å²) < 4.78 is 2.01. The average Bonchev–Trinajstić information content (AvgIpc) is 2.75. The number of nitrogens with one attached hydrogen (secondary N) is 2. The van der Waals surface area contributed by atoms with Crippen LogP contribution < -0.4 is 10.7 Å². The predicted molar refractivity (Wildman–Crippen MR) is 77.2 cm³/mol. The standard InChI is InChI=1S/C13H21N5O/c1-5-11-13(14-3)18-8-10(6-7-12(18)15-11)16-17(4)9(2)19/h6-9,14,16,19H,5H2,1-4H3/t9-/m0/s1. The highest BCUT2D eigenvalue weighted by Crippen LogP contribution is 2.21. The van der Waals surface area contributed by atoms with E-state index >= 15 is 0 Å². The summed E-state index contributed by atoms with van der Waals surface area (Å²) in [5, 5.41) is 14.3. The molecule has 6 nitrogen and oxygen atoms in total. The SMILES string of the molecule is CCc1nc2ccc(NN(C)[C@H](C)O)cn2c1NC. The number of aryl methyl sites for hydroxylation is 1. The Balaban J connectivity index is 2.39. The van der Waals surface area contributed by atoms with Gasteiger partial charge in [0.25, 0.3) is 0 Å². The van der Waals surface area contributed by atoms with Crippen molar-refractivity contribution in [2.24, 2.45) is 0 Å². The molecule has 3 N–H and O–H groups in total. The number of hydrogen-bond donors (Lipinski definition) is 3. The Labute approximate surface area is 113 Å². The number of rotatable bonds is 5. The van der Waals surface area contributed by atoms with Crippen LogP contribution >= 0.6 is 0 Å². The van der Waals surface area contributed by atoms with Gasteiger partial charge in [-0.25, -0.2) is 4.98 Å². The van der Waals surface area contributed by atoms with E-state index in [-0.39, 0.29) is 0 Å². The molecule has 0 saturated heterocycles. The number of pyridine rings is 1. The van der Waals surface area contributed by atoms with E-state index < -0.39 is 6.23 Å². The van der Waals surface area contributed by atoms with E-state index in [1.807, 2.05) is 29.8 Å². The van der Waals surface area contributed by atoms with Crippen LogP contribution in [0, 0.1) is 0 Å². The summed E-state index contributed by atoms with van der Waals surface area (Å²) in [7, 11) is 3.68. The molecule has 6 heteroatoms. The molecule has 0 fully saturated rings. The Morgan fingerprint density at radius 2 is 2.21 bits per heavy atom. The first-order valence-electron chi connectivity index (χ1n) is 6.43. The Morgan fingerprint density at radius 3 is 2.79 bits per heavy atom. The second kappa shape index (κ2) is 5.46. The van der Waals surface area contributed by atoms with Crippen molar-refractivity contribution >= 4 is 17.2 Å². The van der Waals surface area contributed by atoms with Crippen molar-refractivity contribution in [2.75, 3.05) is 24.8 Å². The molecule has 0 aliphatic heterocycles. The zero-order valence-corrected chi connectivity index (χ0v) is 11.8. The maximum absolute atomic E-state index is 9.47. The second-order valence-corrected chi connectivity index (χ2v) is 4.51. The largest absolute Gasteiger partial charge is 0.377 e. The van der Waals surface area contributed by atoms with E-state index in [0.29, 0.717) is 0 Å². The fraction of sp³-hybridized carbons (Fsp3) is 0.462. The third-order valence-corrected chi connectivity index (χ3v) is 3.13. The molecule has 0 amide bonds. The molecule has 0 spiro atoms. The molecule has 0 aromatic carbocycles. The quantitative estimate of drug-likeness (QED) is 0.564. The van der Waals surface area contributed by atoms with Gasteiger partial charge in [0.1, 0.15) is 17.7 Å². The molecule has 0 aliphatic rings. The lowest BCUT2D eigenvalue weighted by atomic mass is 10.3. The molecular weight excluding hydrogens is 242 g/mol. The first-order chi connectivity index (χ1) is 9.06. The van der Waals surface area contributed by atoms with Crippen LogP contribution in [-0.2, 0) is 6.42 Å². The van der Waals surface area contributed by atoms with Crippen molar-refractivity contribution < 1.29 is 5.11 Å². The maximum Gasteiger partial charge on any atom is 0.138 e. The summed E-state index contributed by atoms with van der Waals surface area (Å²) >= 11 is 0. The predicted octanol–water partition coefficient (Wildman–Crippen LogP) is 1.54. The molecule has 2 aromatic rings. The lowest BCUT2D eigenvalue weighted by Gasteiger charge is -2.22. The molecule has 0 radical (unpaired) electrons. The number of aromatic nitrogens is 2. The van der Waals surface area contributed by atoms with Gasteiger partial charge in [-0.1, -0.05) is 6.92 Å². The minimum Gasteiger partial charge on any atom is -0.377 e. The number of nitrogens with zero attached hydrogens (tertiary/aromatic N) is 3. The molecule has 0 unspecified atom stereocenters. The minimum absolute atomic E-state index is 0.562. The molecule has 19 heavy (non-hydrogen) atoms. The van der Waals surface area contributed by atoms with Gasteiger partial charge in [0, 0.05) is 20.3 Å². The van der Waals surface area contributed by atoms with Gasteiger partial charge in [0.05, 0.1) is 11.4 Å². The summed E-state index contributed by atoms with van der Waals surface area (Å²) in [6.45, 7) is 3.79. The van der Waals surface area contributed by atoms with Crippen molar-refractivity contribution in [3.63, 3.8) is 0 Å². The van der Waals surface area contributed by atoms with Crippen LogP contribution in [0.25, 0.3) is 5.65 Å². The van der Waals surface area contributed by atoms with Crippen molar-refractivity contribution in [3.05, 3.63) is 24.0 Å². The Bertz CT molecular complexity index is 563. The summed E-state index contributed by atoms with van der Waals surface area (Å²) in [6, 6.07) is 3.90. The van der Waals surface area contributed by atoms with Crippen LogP contribution in [0.2, 0.25) is 0 Å². The van der Waals surface area contributed by atoms with E-state index in [1.165, 1.54) is 0 Å². The van der Waals surface area contributed by atoms with E-state index in [1.54, 1.807) is 19.0 Å². The molecule has 1 atom stereocenters. The third kappa shape index (κ3) is 2.64. The summed E-state index contributed by atoms with van der Waals surface area (Å²) in [6.07, 6.45) is 2.29. The summed E-state index contributed by atoms with van der Waals surface area (Å²) in [4.78, 5) is 4.57. The van der Waals surface area contributed by atoms with Gasteiger partial charge in [0.15, 0.2) is 0 Å². The van der Waals surface area contributed by atoms with Crippen molar-refractivity contribution in [3.8, 4) is 0 Å². The first-order valence-corrected chi connectivity index (χ1v) is 6.43. The molecular formula is C13H21N5O. The Hall–Kier alpha value is -1.79. The number of aliphatic hydroxyl groups is 1. The molecule has 0 aliphatic carbocycles. The molecule has 104 valence electrons. The lowest BCUT2D eigenvalue weighted by molar-refractivity contribution is 0.0568. The van der Waals surface area contributed by atoms with Gasteiger partial charge < -0.3 is 15.8 Å². The smallest absolute Gasteiger partial charge is 0.138 e. The Kier molecular flexibility index (Phi) is 3.92. The van der Waals surface area contributed by atoms with Gasteiger partial charge in [-0.3, -0.25) is 4.40 Å². The number of hydrazine groups is 1. The van der Waals surface area contributed by atoms with Crippen molar-refractivity contribution in [2.45, 2.75) is 26.5 Å². The molecule has 2 rings (SSSR count). The van der Waals surface area contributed by atoms with Gasteiger partial charge in [-0.05, 0) is 25.5 Å². The fourth-order valence-corrected chi connectivity index (χ4v) is 1.97. The van der Waals surface area contributed by atoms with Gasteiger partial charge in [-0.2, -0.15) is 5.01 Å². The van der Waals surface area contributed by atoms with E-state index in [4.69, 9.17) is 0 Å². The van der Waals surface area contributed by atoms with Gasteiger partial charge >= 0.3 is 0 Å². The number of imidazole rings is 1. The van der Waals surface area contributed by atoms with Crippen LogP contribution in [0.3, 0.4) is 0 Å². The average molecular weight is 263 g/mol. The van der Waals surface area contributed by atoms with Crippen LogP contribution in [0.4, 0.5) is 11.5 Å². The zero-order chi connectivity index (χ0) is 14.0. The number of fused-ring (bicyclic) bond motifs is 1. The molecule has 2 heterocycles. The van der Waals surface area contributed by atoms with Crippen molar-refractivity contribution in [1.82, 2.24) is 14.4 Å². The van der Waals surface area contributed by atoms with Gasteiger partial charge in [0.2, 0.25) is 0 Å². The maximum atomic E-state index is 9.47. The van der Waals surface area contributed by atoms with Crippen LogP contribution in [0.1, 0.15) is 19.5 Å². The normalized spacial score (nSPS) is 12.9. The van der Waals surface area contributed by atoms with Crippen LogP contribution in [-0.4, -0.2) is 39.8 Å². The highest BCUT2D eigenvalue weighted by Gasteiger charge is 2.10. The summed E-state index contributed by atoms with van der Waals surface area (Å²) in [5.74, 6) is 1.00. The second-order valence-electron chi connectivity index (χ2n) is 4.51. The fourth-order valence-electron chi connectivity index (χ4n) is 1.97. The monoisotopic (exact) mass is 263 g/mol. The van der Waals surface area contributed by atoms with Crippen LogP contribution in [0.5, 0.6) is 0 Å². The molecule has 0 saturated carbocycles. The van der Waals surface area contributed by atoms with Crippen molar-refractivity contribution in [1.29, 1.82) is 0 Å². The third-order valence-electron chi connectivity index (χ3n) is 3.13.